The second kappa shape index (κ2) is 6.55. The fourth-order valence-corrected chi connectivity index (χ4v) is 2.78. The molecule has 0 aromatic heterocycles. The number of halogens is 1. The van der Waals surface area contributed by atoms with E-state index in [9.17, 15) is 0 Å². The molecule has 0 aliphatic carbocycles. The molecular formula is C14H19ClN2OS. The van der Waals surface area contributed by atoms with Crippen molar-refractivity contribution >= 4 is 34.5 Å². The Balaban J connectivity index is 2.12. The number of benzene rings is 1. The first-order valence-electron chi connectivity index (χ1n) is 6.51. The highest BCUT2D eigenvalue weighted by atomic mass is 35.5. The van der Waals surface area contributed by atoms with E-state index in [2.05, 4.69) is 12.2 Å². The van der Waals surface area contributed by atoms with Crippen LogP contribution in [0.2, 0.25) is 5.02 Å². The van der Waals surface area contributed by atoms with Gasteiger partial charge < -0.3 is 15.8 Å². The van der Waals surface area contributed by atoms with Crippen molar-refractivity contribution in [1.29, 1.82) is 0 Å². The van der Waals surface area contributed by atoms with Crippen LogP contribution in [0.25, 0.3) is 0 Å². The van der Waals surface area contributed by atoms with E-state index in [4.69, 9.17) is 34.3 Å². The molecule has 0 bridgehead atoms. The molecule has 0 spiro atoms. The van der Waals surface area contributed by atoms with E-state index in [0.29, 0.717) is 22.0 Å². The van der Waals surface area contributed by atoms with Crippen LogP contribution in [0.15, 0.2) is 18.2 Å². The SMILES string of the molecule is CC(Nc1cc(Cl)ccc1C(N)=S)C1CCOCC1. The average molecular weight is 299 g/mol. The van der Waals surface area contributed by atoms with Crippen LogP contribution in [0, 0.1) is 5.92 Å². The molecule has 104 valence electrons. The molecular weight excluding hydrogens is 280 g/mol. The summed E-state index contributed by atoms with van der Waals surface area (Å²) in [7, 11) is 0. The molecule has 3 nitrogen and oxygen atoms in total. The number of nitrogens with one attached hydrogen (secondary N) is 1. The number of thiocarbonyl (C=S) groups is 1. The molecule has 1 fully saturated rings. The lowest BCUT2D eigenvalue weighted by molar-refractivity contribution is 0.0622. The summed E-state index contributed by atoms with van der Waals surface area (Å²) in [6.45, 7) is 3.86. The van der Waals surface area contributed by atoms with Crippen LogP contribution < -0.4 is 11.1 Å². The van der Waals surface area contributed by atoms with E-state index in [1.54, 1.807) is 6.07 Å². The third-order valence-electron chi connectivity index (χ3n) is 3.60. The van der Waals surface area contributed by atoms with Gasteiger partial charge in [0.15, 0.2) is 0 Å². The lowest BCUT2D eigenvalue weighted by Crippen LogP contribution is -2.31. The van der Waals surface area contributed by atoms with Gasteiger partial charge in [0, 0.05) is 35.5 Å². The van der Waals surface area contributed by atoms with Crippen LogP contribution in [0.1, 0.15) is 25.3 Å². The monoisotopic (exact) mass is 298 g/mol. The van der Waals surface area contributed by atoms with Gasteiger partial charge in [0.1, 0.15) is 4.99 Å². The first kappa shape index (κ1) is 14.6. The molecule has 5 heteroatoms. The Morgan fingerprint density at radius 1 is 1.47 bits per heavy atom. The number of anilines is 1. The minimum absolute atomic E-state index is 0.343. The van der Waals surface area contributed by atoms with Crippen molar-refractivity contribution in [1.82, 2.24) is 0 Å². The second-order valence-corrected chi connectivity index (χ2v) is 5.81. The van der Waals surface area contributed by atoms with Gasteiger partial charge in [-0.15, -0.1) is 0 Å². The maximum Gasteiger partial charge on any atom is 0.106 e. The Bertz CT molecular complexity index is 461. The fraction of sp³-hybridized carbons (Fsp3) is 0.500. The summed E-state index contributed by atoms with van der Waals surface area (Å²) in [5.74, 6) is 0.604. The quantitative estimate of drug-likeness (QED) is 0.838. The van der Waals surface area contributed by atoms with E-state index in [1.807, 2.05) is 12.1 Å². The van der Waals surface area contributed by atoms with Crippen LogP contribution in [0.3, 0.4) is 0 Å². The number of hydrogen-bond acceptors (Lipinski definition) is 3. The summed E-state index contributed by atoms with van der Waals surface area (Å²) in [6.07, 6.45) is 2.16. The summed E-state index contributed by atoms with van der Waals surface area (Å²) in [5, 5.41) is 4.18. The third-order valence-corrected chi connectivity index (χ3v) is 4.06. The molecule has 1 atom stereocenters. The second-order valence-electron chi connectivity index (χ2n) is 4.94. The van der Waals surface area contributed by atoms with Crippen molar-refractivity contribution in [2.75, 3.05) is 18.5 Å². The summed E-state index contributed by atoms with van der Waals surface area (Å²) in [5.41, 5.74) is 7.51. The largest absolute Gasteiger partial charge is 0.389 e. The van der Waals surface area contributed by atoms with Gasteiger partial charge in [0.25, 0.3) is 0 Å². The standard InChI is InChI=1S/C14H19ClN2OS/c1-9(10-4-6-18-7-5-10)17-13-8-11(15)2-3-12(13)14(16)19/h2-3,8-10,17H,4-7H2,1H3,(H2,16,19). The molecule has 19 heavy (non-hydrogen) atoms. The summed E-state index contributed by atoms with van der Waals surface area (Å²) in [6, 6.07) is 5.89. The van der Waals surface area contributed by atoms with Gasteiger partial charge in [0.05, 0.1) is 0 Å². The van der Waals surface area contributed by atoms with Crippen molar-refractivity contribution in [2.45, 2.75) is 25.8 Å². The molecule has 1 unspecified atom stereocenters. The van der Waals surface area contributed by atoms with Gasteiger partial charge in [-0.1, -0.05) is 23.8 Å². The van der Waals surface area contributed by atoms with Crippen LogP contribution in [0.5, 0.6) is 0 Å². The highest BCUT2D eigenvalue weighted by molar-refractivity contribution is 7.80. The zero-order chi connectivity index (χ0) is 13.8. The average Bonchev–Trinajstić information content (AvgIpc) is 2.39. The molecule has 1 heterocycles. The molecule has 1 aliphatic heterocycles. The van der Waals surface area contributed by atoms with Gasteiger partial charge in [-0.2, -0.15) is 0 Å². The highest BCUT2D eigenvalue weighted by Crippen LogP contribution is 2.26. The van der Waals surface area contributed by atoms with Crippen LogP contribution in [-0.4, -0.2) is 24.2 Å². The Morgan fingerprint density at radius 2 is 2.16 bits per heavy atom. The topological polar surface area (TPSA) is 47.3 Å². The maximum atomic E-state index is 6.05. The van der Waals surface area contributed by atoms with Crippen molar-refractivity contribution in [3.63, 3.8) is 0 Å². The smallest absolute Gasteiger partial charge is 0.106 e. The Kier molecular flexibility index (Phi) is 5.02. The molecule has 1 aromatic rings. The van der Waals surface area contributed by atoms with Gasteiger partial charge >= 0.3 is 0 Å². The highest BCUT2D eigenvalue weighted by Gasteiger charge is 2.21. The minimum Gasteiger partial charge on any atom is -0.389 e. The zero-order valence-electron chi connectivity index (χ0n) is 11.0. The predicted molar refractivity (Wildman–Crippen MR) is 84.0 cm³/mol. The van der Waals surface area contributed by atoms with Crippen LogP contribution in [0.4, 0.5) is 5.69 Å². The Hall–Kier alpha value is -0.840. The molecule has 1 aromatic carbocycles. The summed E-state index contributed by atoms with van der Waals surface area (Å²) < 4.78 is 5.39. The molecule has 1 aliphatic rings. The van der Waals surface area contributed by atoms with Crippen molar-refractivity contribution in [3.8, 4) is 0 Å². The molecule has 2 rings (SSSR count). The lowest BCUT2D eigenvalue weighted by atomic mass is 9.92. The van der Waals surface area contributed by atoms with Crippen molar-refractivity contribution < 1.29 is 4.74 Å². The first-order valence-corrected chi connectivity index (χ1v) is 7.30. The number of rotatable bonds is 4. The van der Waals surface area contributed by atoms with Gasteiger partial charge in [-0.25, -0.2) is 0 Å². The van der Waals surface area contributed by atoms with E-state index >= 15 is 0 Å². The zero-order valence-corrected chi connectivity index (χ0v) is 12.6. The maximum absolute atomic E-state index is 6.05. The van der Waals surface area contributed by atoms with Gasteiger partial charge in [0.2, 0.25) is 0 Å². The molecule has 0 amide bonds. The molecule has 1 saturated heterocycles. The summed E-state index contributed by atoms with van der Waals surface area (Å²) >= 11 is 11.1. The summed E-state index contributed by atoms with van der Waals surface area (Å²) in [4.78, 5) is 0.387. The van der Waals surface area contributed by atoms with E-state index in [0.717, 1.165) is 37.3 Å². The molecule has 0 saturated carbocycles. The number of hydrogen-bond donors (Lipinski definition) is 2. The number of ether oxygens (including phenoxy) is 1. The van der Waals surface area contributed by atoms with E-state index in [1.165, 1.54) is 0 Å². The minimum atomic E-state index is 0.343. The lowest BCUT2D eigenvalue weighted by Gasteiger charge is -2.29. The predicted octanol–water partition coefficient (Wildman–Crippen LogP) is 3.20. The first-order chi connectivity index (χ1) is 9.08. The van der Waals surface area contributed by atoms with E-state index < -0.39 is 0 Å². The van der Waals surface area contributed by atoms with Crippen LogP contribution >= 0.6 is 23.8 Å². The van der Waals surface area contributed by atoms with Crippen LogP contribution in [-0.2, 0) is 4.74 Å². The van der Waals surface area contributed by atoms with Gasteiger partial charge in [-0.05, 0) is 43.9 Å². The molecule has 3 N–H and O–H groups in total. The fourth-order valence-electron chi connectivity index (χ4n) is 2.43. The number of nitrogens with two attached hydrogens (primary N) is 1. The Morgan fingerprint density at radius 3 is 2.79 bits per heavy atom. The normalized spacial score (nSPS) is 18.0. The van der Waals surface area contributed by atoms with E-state index in [-0.39, 0.29) is 0 Å². The van der Waals surface area contributed by atoms with Crippen molar-refractivity contribution in [3.05, 3.63) is 28.8 Å². The molecule has 0 radical (unpaired) electrons. The Labute approximate surface area is 124 Å². The third kappa shape index (κ3) is 3.81. The van der Waals surface area contributed by atoms with Gasteiger partial charge in [-0.3, -0.25) is 0 Å². The van der Waals surface area contributed by atoms with Crippen molar-refractivity contribution in [2.24, 2.45) is 11.7 Å².